The summed E-state index contributed by atoms with van der Waals surface area (Å²) in [7, 11) is 0. The molecule has 0 bridgehead atoms. The van der Waals surface area contributed by atoms with Crippen LogP contribution in [-0.2, 0) is 14.4 Å². The highest BCUT2D eigenvalue weighted by atomic mass is 19.1. The van der Waals surface area contributed by atoms with Crippen LogP contribution >= 0.6 is 0 Å². The van der Waals surface area contributed by atoms with Gasteiger partial charge in [-0.15, -0.1) is 0 Å². The minimum absolute atomic E-state index is 0.0151. The molecule has 1 heterocycles. The molecule has 0 saturated carbocycles. The van der Waals surface area contributed by atoms with Gasteiger partial charge in [0, 0.05) is 45.9 Å². The first-order chi connectivity index (χ1) is 11.9. The topological polar surface area (TPSA) is 69.7 Å². The second-order valence-corrected chi connectivity index (χ2v) is 6.23. The third-order valence-electron chi connectivity index (χ3n) is 4.39. The van der Waals surface area contributed by atoms with Crippen LogP contribution in [-0.4, -0.2) is 53.7 Å². The van der Waals surface area contributed by atoms with Gasteiger partial charge in [-0.05, 0) is 24.6 Å². The molecule has 1 fully saturated rings. The van der Waals surface area contributed by atoms with Gasteiger partial charge in [0.15, 0.2) is 0 Å². The van der Waals surface area contributed by atoms with Gasteiger partial charge >= 0.3 is 0 Å². The first-order valence-electron chi connectivity index (χ1n) is 8.45. The Kier molecular flexibility index (Phi) is 6.50. The van der Waals surface area contributed by atoms with Crippen LogP contribution in [0.2, 0.25) is 0 Å². The van der Waals surface area contributed by atoms with Crippen LogP contribution in [0.4, 0.5) is 4.39 Å². The lowest BCUT2D eigenvalue weighted by atomic mass is 10.1. The van der Waals surface area contributed by atoms with E-state index >= 15 is 0 Å². The number of rotatable bonds is 5. The molecule has 7 heteroatoms. The molecule has 25 heavy (non-hydrogen) atoms. The molecule has 0 aromatic heterocycles. The van der Waals surface area contributed by atoms with Gasteiger partial charge in [0.2, 0.25) is 17.7 Å². The molecule has 0 radical (unpaired) electrons. The van der Waals surface area contributed by atoms with Crippen molar-refractivity contribution in [1.29, 1.82) is 0 Å². The van der Waals surface area contributed by atoms with Gasteiger partial charge in [0.1, 0.15) is 5.82 Å². The average Bonchev–Trinajstić information content (AvgIpc) is 2.60. The maximum Gasteiger partial charge on any atom is 0.223 e. The lowest BCUT2D eigenvalue weighted by Gasteiger charge is -2.34. The van der Waals surface area contributed by atoms with E-state index in [9.17, 15) is 18.8 Å². The predicted molar refractivity (Wildman–Crippen MR) is 91.0 cm³/mol. The molecular formula is C18H24FN3O3. The molecule has 0 spiro atoms. The summed E-state index contributed by atoms with van der Waals surface area (Å²) in [5, 5.41) is 2.81. The van der Waals surface area contributed by atoms with E-state index < -0.39 is 0 Å². The number of halogens is 1. The fraction of sp³-hybridized carbons (Fsp3) is 0.500. The van der Waals surface area contributed by atoms with Crippen LogP contribution in [0.15, 0.2) is 24.3 Å². The SMILES string of the molecule is CC(=O)N1CCN(C(=O)CCC(=O)N[C@@H](C)c2ccc(F)cc2)CC1. The van der Waals surface area contributed by atoms with Gasteiger partial charge in [-0.1, -0.05) is 12.1 Å². The standard InChI is InChI=1S/C18H24FN3O3/c1-13(15-3-5-16(19)6-4-15)20-17(24)7-8-18(25)22-11-9-21(10-12-22)14(2)23/h3-6,13H,7-12H2,1-2H3,(H,20,24)/t13-/m0/s1. The monoisotopic (exact) mass is 349 g/mol. The summed E-state index contributed by atoms with van der Waals surface area (Å²) in [6.45, 7) is 5.42. The molecule has 1 aromatic rings. The van der Waals surface area contributed by atoms with E-state index in [0.29, 0.717) is 26.2 Å². The van der Waals surface area contributed by atoms with Gasteiger partial charge in [-0.2, -0.15) is 0 Å². The zero-order valence-corrected chi connectivity index (χ0v) is 14.6. The van der Waals surface area contributed by atoms with Crippen LogP contribution in [0.5, 0.6) is 0 Å². The molecule has 0 unspecified atom stereocenters. The van der Waals surface area contributed by atoms with Crippen molar-refractivity contribution in [3.63, 3.8) is 0 Å². The van der Waals surface area contributed by atoms with Crippen LogP contribution in [0, 0.1) is 5.82 Å². The first kappa shape index (κ1) is 18.9. The largest absolute Gasteiger partial charge is 0.350 e. The van der Waals surface area contributed by atoms with Crippen LogP contribution < -0.4 is 5.32 Å². The van der Waals surface area contributed by atoms with Crippen molar-refractivity contribution in [3.05, 3.63) is 35.6 Å². The molecule has 1 aromatic carbocycles. The molecule has 3 amide bonds. The minimum atomic E-state index is -0.322. The summed E-state index contributed by atoms with van der Waals surface area (Å²) in [6, 6.07) is 5.70. The second-order valence-electron chi connectivity index (χ2n) is 6.23. The number of nitrogens with one attached hydrogen (secondary N) is 1. The Morgan fingerprint density at radius 1 is 1.04 bits per heavy atom. The zero-order valence-electron chi connectivity index (χ0n) is 14.6. The number of nitrogens with zero attached hydrogens (tertiary/aromatic N) is 2. The Balaban J connectivity index is 1.73. The lowest BCUT2D eigenvalue weighted by Crippen LogP contribution is -2.50. The van der Waals surface area contributed by atoms with Crippen LogP contribution in [0.3, 0.4) is 0 Å². The van der Waals surface area contributed by atoms with Crippen LogP contribution in [0.1, 0.15) is 38.3 Å². The van der Waals surface area contributed by atoms with E-state index in [1.54, 1.807) is 21.9 Å². The van der Waals surface area contributed by atoms with Gasteiger partial charge in [0.25, 0.3) is 0 Å². The summed E-state index contributed by atoms with van der Waals surface area (Å²) >= 11 is 0. The fourth-order valence-electron chi connectivity index (χ4n) is 2.80. The zero-order chi connectivity index (χ0) is 18.4. The van der Waals surface area contributed by atoms with Crippen molar-refractivity contribution in [2.24, 2.45) is 0 Å². The number of amides is 3. The minimum Gasteiger partial charge on any atom is -0.350 e. The molecular weight excluding hydrogens is 325 g/mol. The lowest BCUT2D eigenvalue weighted by molar-refractivity contribution is -0.139. The molecule has 136 valence electrons. The highest BCUT2D eigenvalue weighted by molar-refractivity contribution is 5.84. The summed E-state index contributed by atoms with van der Waals surface area (Å²) in [5.74, 6) is -0.598. The normalized spacial score (nSPS) is 15.6. The third kappa shape index (κ3) is 5.55. The molecule has 1 aliphatic rings. The highest BCUT2D eigenvalue weighted by Gasteiger charge is 2.22. The number of hydrogen-bond acceptors (Lipinski definition) is 3. The van der Waals surface area contributed by atoms with E-state index in [2.05, 4.69) is 5.32 Å². The highest BCUT2D eigenvalue weighted by Crippen LogP contribution is 2.13. The Labute approximate surface area is 147 Å². The molecule has 1 aliphatic heterocycles. The van der Waals surface area contributed by atoms with Crippen molar-refractivity contribution in [2.45, 2.75) is 32.7 Å². The quantitative estimate of drug-likeness (QED) is 0.875. The number of hydrogen-bond donors (Lipinski definition) is 1. The summed E-state index contributed by atoms with van der Waals surface area (Å²) in [5.41, 5.74) is 0.807. The number of carbonyl (C=O) groups excluding carboxylic acids is 3. The van der Waals surface area contributed by atoms with Crippen molar-refractivity contribution in [3.8, 4) is 0 Å². The molecule has 1 saturated heterocycles. The second kappa shape index (κ2) is 8.60. The fourth-order valence-corrected chi connectivity index (χ4v) is 2.80. The third-order valence-corrected chi connectivity index (χ3v) is 4.39. The molecule has 6 nitrogen and oxygen atoms in total. The van der Waals surface area contributed by atoms with E-state index in [4.69, 9.17) is 0 Å². The Hall–Kier alpha value is -2.44. The summed E-state index contributed by atoms with van der Waals surface area (Å²) in [4.78, 5) is 38.9. The maximum atomic E-state index is 12.9. The van der Waals surface area contributed by atoms with E-state index in [1.807, 2.05) is 6.92 Å². The van der Waals surface area contributed by atoms with Crippen molar-refractivity contribution in [1.82, 2.24) is 15.1 Å². The van der Waals surface area contributed by atoms with Gasteiger partial charge in [-0.25, -0.2) is 4.39 Å². The smallest absolute Gasteiger partial charge is 0.223 e. The van der Waals surface area contributed by atoms with Gasteiger partial charge < -0.3 is 15.1 Å². The van der Waals surface area contributed by atoms with E-state index in [-0.39, 0.29) is 42.4 Å². The Bertz CT molecular complexity index is 625. The van der Waals surface area contributed by atoms with Crippen molar-refractivity contribution < 1.29 is 18.8 Å². The Morgan fingerprint density at radius 2 is 1.60 bits per heavy atom. The molecule has 2 rings (SSSR count). The van der Waals surface area contributed by atoms with E-state index in [0.717, 1.165) is 5.56 Å². The Morgan fingerprint density at radius 3 is 2.16 bits per heavy atom. The number of piperazine rings is 1. The molecule has 1 N–H and O–H groups in total. The predicted octanol–water partition coefficient (Wildman–Crippen LogP) is 1.47. The first-order valence-corrected chi connectivity index (χ1v) is 8.45. The maximum absolute atomic E-state index is 12.9. The van der Waals surface area contributed by atoms with Crippen molar-refractivity contribution in [2.75, 3.05) is 26.2 Å². The number of carbonyl (C=O) groups is 3. The van der Waals surface area contributed by atoms with Gasteiger partial charge in [0.05, 0.1) is 6.04 Å². The van der Waals surface area contributed by atoms with Crippen LogP contribution in [0.25, 0.3) is 0 Å². The van der Waals surface area contributed by atoms with Gasteiger partial charge in [-0.3, -0.25) is 14.4 Å². The number of benzene rings is 1. The summed E-state index contributed by atoms with van der Waals surface area (Å²) < 4.78 is 12.9. The molecule has 0 aliphatic carbocycles. The van der Waals surface area contributed by atoms with E-state index in [1.165, 1.54) is 19.1 Å². The van der Waals surface area contributed by atoms with Crippen molar-refractivity contribution >= 4 is 17.7 Å². The summed E-state index contributed by atoms with van der Waals surface area (Å²) in [6.07, 6.45) is 0.249. The average molecular weight is 349 g/mol. The molecule has 1 atom stereocenters.